The van der Waals surface area contributed by atoms with Crippen LogP contribution in [0.5, 0.6) is 0 Å². The van der Waals surface area contributed by atoms with Crippen LogP contribution in [-0.4, -0.2) is 9.97 Å². The second-order valence-corrected chi connectivity index (χ2v) is 3.36. The normalized spacial score (nSPS) is 12.1. The zero-order valence-corrected chi connectivity index (χ0v) is 8.27. The lowest BCUT2D eigenvalue weighted by molar-refractivity contribution is -0.144. The number of fused-ring (bicyclic) bond motifs is 1. The molecule has 0 bridgehead atoms. The van der Waals surface area contributed by atoms with Crippen molar-refractivity contribution in [1.29, 1.82) is 0 Å². The van der Waals surface area contributed by atoms with Crippen LogP contribution in [0.1, 0.15) is 5.82 Å². The van der Waals surface area contributed by atoms with Gasteiger partial charge in [-0.2, -0.15) is 13.2 Å². The van der Waals surface area contributed by atoms with E-state index in [1.165, 1.54) is 0 Å². The van der Waals surface area contributed by atoms with Crippen LogP contribution >= 0.6 is 11.6 Å². The number of rotatable bonds is 0. The Hall–Kier alpha value is -1.43. The highest BCUT2D eigenvalue weighted by atomic mass is 35.5. The highest BCUT2D eigenvalue weighted by Gasteiger charge is 2.35. The number of nitrogens with zero attached hydrogens (tertiary/aromatic N) is 2. The number of halogens is 5. The van der Waals surface area contributed by atoms with Crippen LogP contribution in [0.3, 0.4) is 0 Å². The minimum absolute atomic E-state index is 0.0475. The van der Waals surface area contributed by atoms with Gasteiger partial charge in [-0.1, -0.05) is 11.6 Å². The predicted octanol–water partition coefficient (Wildman–Crippen LogP) is 3.44. The zero-order valence-electron chi connectivity index (χ0n) is 7.52. The third-order valence-electron chi connectivity index (χ3n) is 1.86. The van der Waals surface area contributed by atoms with E-state index in [-0.39, 0.29) is 10.9 Å². The Morgan fingerprint density at radius 1 is 1.12 bits per heavy atom. The van der Waals surface area contributed by atoms with Gasteiger partial charge in [-0.15, -0.1) is 0 Å². The molecule has 0 aliphatic heterocycles. The summed E-state index contributed by atoms with van der Waals surface area (Å²) < 4.78 is 49.8. The fourth-order valence-corrected chi connectivity index (χ4v) is 1.42. The van der Waals surface area contributed by atoms with Crippen molar-refractivity contribution in [2.24, 2.45) is 0 Å². The molecule has 0 spiro atoms. The zero-order chi connectivity index (χ0) is 11.9. The van der Waals surface area contributed by atoms with Gasteiger partial charge in [-0.3, -0.25) is 0 Å². The smallest absolute Gasteiger partial charge is 0.224 e. The van der Waals surface area contributed by atoms with Crippen LogP contribution < -0.4 is 0 Å². The summed E-state index contributed by atoms with van der Waals surface area (Å²) in [7, 11) is 0. The van der Waals surface area contributed by atoms with Gasteiger partial charge in [0.05, 0.1) is 5.52 Å². The first kappa shape index (κ1) is 11.1. The molecule has 0 aliphatic carbocycles. The van der Waals surface area contributed by atoms with Gasteiger partial charge >= 0.3 is 6.18 Å². The van der Waals surface area contributed by atoms with Crippen LogP contribution in [0.4, 0.5) is 17.6 Å². The first-order valence-electron chi connectivity index (χ1n) is 4.08. The summed E-state index contributed by atoms with van der Waals surface area (Å²) >= 11 is 5.52. The molecule has 0 N–H and O–H groups in total. The predicted molar refractivity (Wildman–Crippen MR) is 49.5 cm³/mol. The van der Waals surface area contributed by atoms with Crippen LogP contribution in [0.15, 0.2) is 18.2 Å². The van der Waals surface area contributed by atoms with Gasteiger partial charge in [0.15, 0.2) is 0 Å². The van der Waals surface area contributed by atoms with Gasteiger partial charge in [0.2, 0.25) is 5.82 Å². The lowest BCUT2D eigenvalue weighted by atomic mass is 10.2. The van der Waals surface area contributed by atoms with E-state index in [0.29, 0.717) is 0 Å². The highest BCUT2D eigenvalue weighted by Crippen LogP contribution is 2.30. The molecule has 0 amide bonds. The summed E-state index contributed by atoms with van der Waals surface area (Å²) in [5.41, 5.74) is -0.0475. The SMILES string of the molecule is Fc1ccc2nc(C(F)(F)F)nc(Cl)c2c1. The molecule has 1 aromatic carbocycles. The van der Waals surface area contributed by atoms with Gasteiger partial charge < -0.3 is 0 Å². The van der Waals surface area contributed by atoms with Crippen LogP contribution in [0, 0.1) is 5.82 Å². The molecular weight excluding hydrogens is 248 g/mol. The van der Waals surface area contributed by atoms with E-state index < -0.39 is 23.0 Å². The van der Waals surface area contributed by atoms with E-state index in [0.717, 1.165) is 18.2 Å². The first-order valence-corrected chi connectivity index (χ1v) is 4.46. The summed E-state index contributed by atoms with van der Waals surface area (Å²) in [4.78, 5) is 6.34. The third-order valence-corrected chi connectivity index (χ3v) is 2.15. The second-order valence-electron chi connectivity index (χ2n) is 3.00. The molecule has 0 saturated carbocycles. The van der Waals surface area contributed by atoms with Crippen molar-refractivity contribution in [3.8, 4) is 0 Å². The minimum atomic E-state index is -4.67. The molecule has 1 aromatic heterocycles. The van der Waals surface area contributed by atoms with E-state index >= 15 is 0 Å². The van der Waals surface area contributed by atoms with Crippen molar-refractivity contribution < 1.29 is 17.6 Å². The molecule has 2 rings (SSSR count). The van der Waals surface area contributed by atoms with Crippen LogP contribution in [-0.2, 0) is 6.18 Å². The van der Waals surface area contributed by atoms with Gasteiger partial charge in [-0.25, -0.2) is 14.4 Å². The molecule has 2 aromatic rings. The summed E-state index contributed by atoms with van der Waals surface area (Å²) in [6.45, 7) is 0. The average molecular weight is 251 g/mol. The Kier molecular flexibility index (Phi) is 2.46. The second kappa shape index (κ2) is 3.55. The fourth-order valence-electron chi connectivity index (χ4n) is 1.19. The molecule has 2 nitrogen and oxygen atoms in total. The lowest BCUT2D eigenvalue weighted by Gasteiger charge is -2.06. The quantitative estimate of drug-likeness (QED) is 0.529. The lowest BCUT2D eigenvalue weighted by Crippen LogP contribution is -2.11. The van der Waals surface area contributed by atoms with Gasteiger partial charge in [0.25, 0.3) is 0 Å². The summed E-state index contributed by atoms with van der Waals surface area (Å²) in [5.74, 6) is -1.95. The van der Waals surface area contributed by atoms with Crippen molar-refractivity contribution in [2.45, 2.75) is 6.18 Å². The van der Waals surface area contributed by atoms with Crippen molar-refractivity contribution in [2.75, 3.05) is 0 Å². The van der Waals surface area contributed by atoms with Crippen molar-refractivity contribution in [1.82, 2.24) is 9.97 Å². The molecule has 0 fully saturated rings. The average Bonchev–Trinajstić information content (AvgIpc) is 2.17. The van der Waals surface area contributed by atoms with Crippen LogP contribution in [0.25, 0.3) is 10.9 Å². The van der Waals surface area contributed by atoms with Crippen LogP contribution in [0.2, 0.25) is 5.15 Å². The molecule has 0 aliphatic rings. The van der Waals surface area contributed by atoms with E-state index in [2.05, 4.69) is 9.97 Å². The van der Waals surface area contributed by atoms with Crippen molar-refractivity contribution in [3.05, 3.63) is 35.0 Å². The van der Waals surface area contributed by atoms with Crippen molar-refractivity contribution in [3.63, 3.8) is 0 Å². The summed E-state index contributed by atoms with van der Waals surface area (Å²) in [6, 6.07) is 3.11. The minimum Gasteiger partial charge on any atom is -0.224 e. The first-order chi connectivity index (χ1) is 7.38. The molecule has 7 heteroatoms. The summed E-state index contributed by atoms with van der Waals surface area (Å²) in [6.07, 6.45) is -4.67. The number of alkyl halides is 3. The Labute approximate surface area is 91.9 Å². The fraction of sp³-hybridized carbons (Fsp3) is 0.111. The largest absolute Gasteiger partial charge is 0.451 e. The number of hydrogen-bond donors (Lipinski definition) is 0. The number of benzene rings is 1. The molecule has 0 atom stereocenters. The van der Waals surface area contributed by atoms with E-state index in [9.17, 15) is 17.6 Å². The molecule has 84 valence electrons. The monoisotopic (exact) mass is 250 g/mol. The van der Waals surface area contributed by atoms with Crippen molar-refractivity contribution >= 4 is 22.5 Å². The summed E-state index contributed by atoms with van der Waals surface area (Å²) in [5, 5.41) is -0.369. The Morgan fingerprint density at radius 3 is 2.44 bits per heavy atom. The molecule has 1 heterocycles. The molecule has 0 radical (unpaired) electrons. The molecule has 0 unspecified atom stereocenters. The molecule has 0 saturated heterocycles. The Balaban J connectivity index is 2.74. The Morgan fingerprint density at radius 2 is 1.81 bits per heavy atom. The Bertz CT molecular complexity index is 553. The maximum Gasteiger partial charge on any atom is 0.451 e. The number of aromatic nitrogens is 2. The highest BCUT2D eigenvalue weighted by molar-refractivity contribution is 6.34. The van der Waals surface area contributed by atoms with Gasteiger partial charge in [0.1, 0.15) is 11.0 Å². The third kappa shape index (κ3) is 1.92. The molecular formula is C9H3ClF4N2. The topological polar surface area (TPSA) is 25.8 Å². The standard InChI is InChI=1S/C9H3ClF4N2/c10-7-5-3-4(11)1-2-6(5)15-8(16-7)9(12,13)14/h1-3H. The maximum absolute atomic E-state index is 12.8. The number of hydrogen-bond acceptors (Lipinski definition) is 2. The molecule has 16 heavy (non-hydrogen) atoms. The maximum atomic E-state index is 12.8. The van der Waals surface area contributed by atoms with Gasteiger partial charge in [0, 0.05) is 5.39 Å². The van der Waals surface area contributed by atoms with E-state index in [1.54, 1.807) is 0 Å². The van der Waals surface area contributed by atoms with E-state index in [4.69, 9.17) is 11.6 Å². The van der Waals surface area contributed by atoms with Gasteiger partial charge in [-0.05, 0) is 18.2 Å². The van der Waals surface area contributed by atoms with E-state index in [1.807, 2.05) is 0 Å².